The van der Waals surface area contributed by atoms with Crippen molar-refractivity contribution in [3.8, 4) is 0 Å². The Morgan fingerprint density at radius 3 is 2.74 bits per heavy atom. The van der Waals surface area contributed by atoms with Crippen molar-refractivity contribution >= 4 is 40.1 Å². The van der Waals surface area contributed by atoms with Crippen LogP contribution in [0.4, 0.5) is 8.78 Å². The van der Waals surface area contributed by atoms with E-state index in [1.54, 1.807) is 28.8 Å². The summed E-state index contributed by atoms with van der Waals surface area (Å²) in [6, 6.07) is 11.6. The van der Waals surface area contributed by atoms with Crippen LogP contribution in [0.1, 0.15) is 41.9 Å². The lowest BCUT2D eigenvalue weighted by Gasteiger charge is -2.24. The standard InChI is InChI=1S/C26H25ClF2N3O3/c1-3-20-24(15(2)33)18-8-4-5-10-21(18)31(20)14-23(34)32-13-17(28)11-22(32)26(35)30-12-16-7-6-9-19(27)25(16)29/h4,6-10,17,22H,3,11-14H2,1-2H3,(H,30,35)/t17-,22+/m1/s1. The van der Waals surface area contributed by atoms with Crippen LogP contribution in [0.5, 0.6) is 0 Å². The van der Waals surface area contributed by atoms with Gasteiger partial charge in [-0.3, -0.25) is 14.4 Å². The number of benzene rings is 2. The molecule has 1 saturated heterocycles. The fraction of sp³-hybridized carbons (Fsp3) is 0.346. The topological polar surface area (TPSA) is 71.4 Å². The molecule has 3 aromatic rings. The number of likely N-dealkylation sites (tertiary alicyclic amines) is 1. The molecule has 0 saturated carbocycles. The number of amides is 2. The van der Waals surface area contributed by atoms with Gasteiger partial charge in [0.1, 0.15) is 24.6 Å². The summed E-state index contributed by atoms with van der Waals surface area (Å²) in [7, 11) is 0. The molecule has 35 heavy (non-hydrogen) atoms. The van der Waals surface area contributed by atoms with Crippen molar-refractivity contribution in [3.05, 3.63) is 70.1 Å². The number of alkyl halides is 1. The Labute approximate surface area is 206 Å². The number of nitrogens with zero attached hydrogens (tertiary/aromatic N) is 2. The van der Waals surface area contributed by atoms with Gasteiger partial charge in [-0.05, 0) is 31.5 Å². The zero-order valence-corrected chi connectivity index (χ0v) is 20.2. The predicted molar refractivity (Wildman–Crippen MR) is 128 cm³/mol. The summed E-state index contributed by atoms with van der Waals surface area (Å²) in [6.07, 6.45) is -0.988. The Kier molecular flexibility index (Phi) is 7.21. The molecule has 9 heteroatoms. The Bertz CT molecular complexity index is 1310. The monoisotopic (exact) mass is 500 g/mol. The third-order valence-corrected chi connectivity index (χ3v) is 6.65. The Morgan fingerprint density at radius 2 is 2.03 bits per heavy atom. The first kappa shape index (κ1) is 24.9. The average molecular weight is 501 g/mol. The molecule has 1 aliphatic rings. The summed E-state index contributed by atoms with van der Waals surface area (Å²) in [5.41, 5.74) is 2.12. The van der Waals surface area contributed by atoms with Gasteiger partial charge in [0.2, 0.25) is 11.8 Å². The first-order valence-corrected chi connectivity index (χ1v) is 11.8. The highest BCUT2D eigenvalue weighted by atomic mass is 35.5. The van der Waals surface area contributed by atoms with E-state index in [0.29, 0.717) is 23.2 Å². The van der Waals surface area contributed by atoms with Gasteiger partial charge in [0.15, 0.2) is 5.78 Å². The van der Waals surface area contributed by atoms with Gasteiger partial charge in [-0.25, -0.2) is 8.78 Å². The molecule has 2 atom stereocenters. The number of carbonyl (C=O) groups is 3. The molecule has 2 aromatic carbocycles. The minimum absolute atomic E-state index is 0.0638. The van der Waals surface area contributed by atoms with Crippen LogP contribution in [0.2, 0.25) is 5.02 Å². The van der Waals surface area contributed by atoms with Gasteiger partial charge >= 0.3 is 0 Å². The summed E-state index contributed by atoms with van der Waals surface area (Å²) < 4.78 is 30.3. The van der Waals surface area contributed by atoms with Crippen molar-refractivity contribution in [2.75, 3.05) is 6.54 Å². The quantitative estimate of drug-likeness (QED) is 0.493. The van der Waals surface area contributed by atoms with E-state index < -0.39 is 29.8 Å². The lowest BCUT2D eigenvalue weighted by atomic mass is 10.1. The Balaban J connectivity index is 1.56. The van der Waals surface area contributed by atoms with Gasteiger partial charge in [-0.2, -0.15) is 0 Å². The van der Waals surface area contributed by atoms with Crippen molar-refractivity contribution < 1.29 is 23.2 Å². The second kappa shape index (κ2) is 10.2. The molecule has 6 nitrogen and oxygen atoms in total. The lowest BCUT2D eigenvalue weighted by molar-refractivity contribution is -0.139. The van der Waals surface area contributed by atoms with Crippen LogP contribution >= 0.6 is 11.6 Å². The van der Waals surface area contributed by atoms with Gasteiger partial charge < -0.3 is 14.8 Å². The van der Waals surface area contributed by atoms with Crippen LogP contribution in [0, 0.1) is 11.9 Å². The van der Waals surface area contributed by atoms with Crippen molar-refractivity contribution in [1.82, 2.24) is 14.8 Å². The Morgan fingerprint density at radius 1 is 1.26 bits per heavy atom. The van der Waals surface area contributed by atoms with E-state index in [9.17, 15) is 23.2 Å². The van der Waals surface area contributed by atoms with Crippen LogP contribution in [0.15, 0.2) is 36.4 Å². The van der Waals surface area contributed by atoms with Gasteiger partial charge in [-0.15, -0.1) is 0 Å². The van der Waals surface area contributed by atoms with Crippen molar-refractivity contribution in [3.63, 3.8) is 0 Å². The summed E-state index contributed by atoms with van der Waals surface area (Å²) in [4.78, 5) is 39.8. The first-order chi connectivity index (χ1) is 16.7. The van der Waals surface area contributed by atoms with E-state index in [1.165, 1.54) is 24.0 Å². The van der Waals surface area contributed by atoms with E-state index in [2.05, 4.69) is 11.4 Å². The first-order valence-electron chi connectivity index (χ1n) is 11.4. The highest BCUT2D eigenvalue weighted by Crippen LogP contribution is 2.29. The maximum Gasteiger partial charge on any atom is 0.243 e. The number of fused-ring (bicyclic) bond motifs is 1. The summed E-state index contributed by atoms with van der Waals surface area (Å²) in [5, 5.41) is 3.26. The minimum atomic E-state index is -1.36. The number of ketones is 1. The van der Waals surface area contributed by atoms with E-state index in [1.807, 2.05) is 6.92 Å². The smallest absolute Gasteiger partial charge is 0.243 e. The summed E-state index contributed by atoms with van der Waals surface area (Å²) >= 11 is 5.79. The van der Waals surface area contributed by atoms with E-state index in [4.69, 9.17) is 11.6 Å². The van der Waals surface area contributed by atoms with Crippen molar-refractivity contribution in [2.45, 2.75) is 52.0 Å². The number of hydrogen-bond acceptors (Lipinski definition) is 3. The van der Waals surface area contributed by atoms with Gasteiger partial charge in [-0.1, -0.05) is 42.8 Å². The zero-order valence-electron chi connectivity index (χ0n) is 19.4. The predicted octanol–water partition coefficient (Wildman–Crippen LogP) is 4.25. The molecule has 2 heterocycles. The van der Waals surface area contributed by atoms with Crippen LogP contribution in [0.3, 0.4) is 0 Å². The maximum atomic E-state index is 14.4. The van der Waals surface area contributed by atoms with E-state index >= 15 is 0 Å². The molecule has 183 valence electrons. The van der Waals surface area contributed by atoms with Crippen molar-refractivity contribution in [2.24, 2.45) is 0 Å². The fourth-order valence-electron chi connectivity index (χ4n) is 4.75. The van der Waals surface area contributed by atoms with Crippen LogP contribution < -0.4 is 5.32 Å². The zero-order chi connectivity index (χ0) is 25.3. The highest BCUT2D eigenvalue weighted by molar-refractivity contribution is 6.30. The molecular weight excluding hydrogens is 476 g/mol. The normalized spacial score (nSPS) is 17.7. The highest BCUT2D eigenvalue weighted by Gasteiger charge is 2.40. The molecule has 4 rings (SSSR count). The number of halogens is 3. The van der Waals surface area contributed by atoms with Gasteiger partial charge in [0.05, 0.1) is 17.1 Å². The largest absolute Gasteiger partial charge is 0.350 e. The van der Waals surface area contributed by atoms with Gasteiger partial charge in [0, 0.05) is 35.2 Å². The van der Waals surface area contributed by atoms with Crippen LogP contribution in [0.25, 0.3) is 10.9 Å². The van der Waals surface area contributed by atoms with Gasteiger partial charge in [0.25, 0.3) is 0 Å². The number of aromatic nitrogens is 1. The molecular formula is C26H25ClF2N3O3. The fourth-order valence-corrected chi connectivity index (χ4v) is 4.95. The maximum absolute atomic E-state index is 14.4. The number of hydrogen-bond donors (Lipinski definition) is 1. The van der Waals surface area contributed by atoms with Crippen LogP contribution in [-0.2, 0) is 29.1 Å². The second-order valence-corrected chi connectivity index (χ2v) is 8.99. The number of rotatable bonds is 7. The molecule has 0 unspecified atom stereocenters. The molecule has 1 aromatic heterocycles. The van der Waals surface area contributed by atoms with E-state index in [-0.39, 0.29) is 42.4 Å². The molecule has 1 aliphatic heterocycles. The average Bonchev–Trinajstić information content (AvgIpc) is 3.38. The lowest BCUT2D eigenvalue weighted by Crippen LogP contribution is -2.46. The third kappa shape index (κ3) is 4.80. The Hall–Kier alpha value is -3.26. The second-order valence-electron chi connectivity index (χ2n) is 8.59. The SMILES string of the molecule is CCc1c(C(C)=O)c2cc[c]cc2n1CC(=O)N1C[C@H](F)C[C@H]1C(=O)NCc1cccc(Cl)c1F. The minimum Gasteiger partial charge on any atom is -0.350 e. The third-order valence-electron chi connectivity index (χ3n) is 6.35. The molecule has 0 bridgehead atoms. The number of nitrogens with one attached hydrogen (secondary N) is 1. The van der Waals surface area contributed by atoms with Crippen molar-refractivity contribution in [1.29, 1.82) is 0 Å². The molecule has 0 spiro atoms. The summed E-state index contributed by atoms with van der Waals surface area (Å²) in [5.74, 6) is -1.75. The molecule has 0 aliphatic carbocycles. The summed E-state index contributed by atoms with van der Waals surface area (Å²) in [6.45, 7) is 2.87. The molecule has 1 N–H and O–H groups in total. The molecule has 1 fully saturated rings. The molecule has 2 amide bonds. The number of Topliss-reactive ketones (excluding diaryl/α,β-unsaturated/α-hetero) is 1. The van der Waals surface area contributed by atoms with Crippen LogP contribution in [-0.4, -0.2) is 45.8 Å². The van der Waals surface area contributed by atoms with E-state index in [0.717, 1.165) is 5.39 Å². The molecule has 1 radical (unpaired) electrons. The number of carbonyl (C=O) groups excluding carboxylic acids is 3.